The van der Waals surface area contributed by atoms with E-state index >= 15 is 0 Å². The van der Waals surface area contributed by atoms with E-state index in [-0.39, 0.29) is 5.82 Å². The van der Waals surface area contributed by atoms with Crippen LogP contribution in [-0.2, 0) is 0 Å². The minimum Gasteiger partial charge on any atom is -0.383 e. The monoisotopic (exact) mass is 300 g/mol. The SMILES string of the molecule is Cc1cc(F)c(Br)cc1NCC1CCCCN1. The molecule has 17 heavy (non-hydrogen) atoms. The molecule has 1 fully saturated rings. The first-order chi connectivity index (χ1) is 8.16. The summed E-state index contributed by atoms with van der Waals surface area (Å²) in [5.74, 6) is -0.205. The summed E-state index contributed by atoms with van der Waals surface area (Å²) in [6.45, 7) is 3.93. The van der Waals surface area contributed by atoms with E-state index in [9.17, 15) is 4.39 Å². The van der Waals surface area contributed by atoms with Gasteiger partial charge in [-0.25, -0.2) is 4.39 Å². The van der Waals surface area contributed by atoms with E-state index in [0.29, 0.717) is 10.5 Å². The maximum atomic E-state index is 13.3. The number of benzene rings is 1. The molecule has 1 heterocycles. The average Bonchev–Trinajstić information content (AvgIpc) is 2.33. The Morgan fingerprint density at radius 2 is 2.29 bits per heavy atom. The Morgan fingerprint density at radius 1 is 1.47 bits per heavy atom. The lowest BCUT2D eigenvalue weighted by atomic mass is 10.0. The van der Waals surface area contributed by atoms with Gasteiger partial charge in [-0.2, -0.15) is 0 Å². The van der Waals surface area contributed by atoms with E-state index in [1.165, 1.54) is 19.3 Å². The van der Waals surface area contributed by atoms with Crippen molar-refractivity contribution in [3.05, 3.63) is 28.0 Å². The van der Waals surface area contributed by atoms with Crippen LogP contribution in [-0.4, -0.2) is 19.1 Å². The third-order valence-electron chi connectivity index (χ3n) is 3.22. The van der Waals surface area contributed by atoms with Crippen molar-refractivity contribution in [3.63, 3.8) is 0 Å². The largest absolute Gasteiger partial charge is 0.383 e. The van der Waals surface area contributed by atoms with Crippen LogP contribution in [0.2, 0.25) is 0 Å². The molecule has 0 radical (unpaired) electrons. The fourth-order valence-corrected chi connectivity index (χ4v) is 2.51. The number of hydrogen-bond acceptors (Lipinski definition) is 2. The quantitative estimate of drug-likeness (QED) is 0.893. The lowest BCUT2D eigenvalue weighted by Crippen LogP contribution is -2.39. The highest BCUT2D eigenvalue weighted by atomic mass is 79.9. The van der Waals surface area contributed by atoms with Crippen molar-refractivity contribution in [2.45, 2.75) is 32.2 Å². The molecule has 1 aromatic rings. The van der Waals surface area contributed by atoms with Gasteiger partial charge in [0.15, 0.2) is 0 Å². The standard InChI is InChI=1S/C13H18BrFN2/c1-9-6-12(15)11(14)7-13(9)17-8-10-4-2-3-5-16-10/h6-7,10,16-17H,2-5,8H2,1H3. The maximum absolute atomic E-state index is 13.3. The Balaban J connectivity index is 1.96. The minimum absolute atomic E-state index is 0.205. The van der Waals surface area contributed by atoms with Gasteiger partial charge in [0.25, 0.3) is 0 Å². The zero-order valence-electron chi connectivity index (χ0n) is 10.0. The summed E-state index contributed by atoms with van der Waals surface area (Å²) in [7, 11) is 0. The Bertz CT molecular complexity index is 389. The third kappa shape index (κ3) is 3.42. The predicted molar refractivity (Wildman–Crippen MR) is 73.0 cm³/mol. The fraction of sp³-hybridized carbons (Fsp3) is 0.538. The molecule has 2 rings (SSSR count). The van der Waals surface area contributed by atoms with Gasteiger partial charge in [-0.15, -0.1) is 0 Å². The van der Waals surface area contributed by atoms with Crippen LogP contribution < -0.4 is 10.6 Å². The van der Waals surface area contributed by atoms with Gasteiger partial charge in [-0.3, -0.25) is 0 Å². The Morgan fingerprint density at radius 3 is 3.00 bits per heavy atom. The number of aryl methyl sites for hydroxylation is 1. The third-order valence-corrected chi connectivity index (χ3v) is 3.83. The molecule has 0 aromatic heterocycles. The summed E-state index contributed by atoms with van der Waals surface area (Å²) in [5.41, 5.74) is 1.95. The van der Waals surface area contributed by atoms with E-state index in [0.717, 1.165) is 24.3 Å². The summed E-state index contributed by atoms with van der Waals surface area (Å²) < 4.78 is 13.8. The van der Waals surface area contributed by atoms with Crippen molar-refractivity contribution >= 4 is 21.6 Å². The molecular formula is C13H18BrFN2. The van der Waals surface area contributed by atoms with Crippen LogP contribution in [0, 0.1) is 12.7 Å². The molecule has 1 aliphatic heterocycles. The summed E-state index contributed by atoms with van der Waals surface area (Å²) >= 11 is 3.22. The smallest absolute Gasteiger partial charge is 0.137 e. The van der Waals surface area contributed by atoms with Gasteiger partial charge >= 0.3 is 0 Å². The number of rotatable bonds is 3. The number of halogens is 2. The number of hydrogen-bond donors (Lipinski definition) is 2. The molecule has 1 aliphatic rings. The number of piperidine rings is 1. The van der Waals surface area contributed by atoms with Crippen molar-refractivity contribution in [1.29, 1.82) is 0 Å². The van der Waals surface area contributed by atoms with Crippen molar-refractivity contribution in [1.82, 2.24) is 5.32 Å². The fourth-order valence-electron chi connectivity index (χ4n) is 2.17. The van der Waals surface area contributed by atoms with Crippen molar-refractivity contribution in [2.24, 2.45) is 0 Å². The van der Waals surface area contributed by atoms with Crippen LogP contribution in [0.15, 0.2) is 16.6 Å². The molecule has 0 amide bonds. The molecule has 2 nitrogen and oxygen atoms in total. The van der Waals surface area contributed by atoms with Gasteiger partial charge < -0.3 is 10.6 Å². The summed E-state index contributed by atoms with van der Waals surface area (Å²) in [5, 5.41) is 6.88. The molecule has 1 atom stereocenters. The van der Waals surface area contributed by atoms with Crippen molar-refractivity contribution in [2.75, 3.05) is 18.4 Å². The first kappa shape index (κ1) is 12.8. The molecule has 1 aromatic carbocycles. The molecule has 0 bridgehead atoms. The molecular weight excluding hydrogens is 283 g/mol. The molecule has 1 saturated heterocycles. The van der Waals surface area contributed by atoms with Gasteiger partial charge in [0, 0.05) is 18.3 Å². The normalized spacial score (nSPS) is 20.3. The molecule has 1 unspecified atom stereocenters. The molecule has 0 saturated carbocycles. The minimum atomic E-state index is -0.205. The zero-order chi connectivity index (χ0) is 12.3. The highest BCUT2D eigenvalue weighted by molar-refractivity contribution is 9.10. The van der Waals surface area contributed by atoms with E-state index < -0.39 is 0 Å². The van der Waals surface area contributed by atoms with Crippen LogP contribution in [0.3, 0.4) is 0 Å². The summed E-state index contributed by atoms with van der Waals surface area (Å²) in [4.78, 5) is 0. The van der Waals surface area contributed by atoms with Gasteiger partial charge in [0.1, 0.15) is 5.82 Å². The Kier molecular flexibility index (Phi) is 4.40. The van der Waals surface area contributed by atoms with Crippen molar-refractivity contribution in [3.8, 4) is 0 Å². The second kappa shape index (κ2) is 5.83. The van der Waals surface area contributed by atoms with Crippen LogP contribution in [0.25, 0.3) is 0 Å². The highest BCUT2D eigenvalue weighted by Crippen LogP contribution is 2.24. The number of anilines is 1. The Labute approximate surface area is 110 Å². The highest BCUT2D eigenvalue weighted by Gasteiger charge is 2.12. The van der Waals surface area contributed by atoms with Gasteiger partial charge in [0.05, 0.1) is 4.47 Å². The second-order valence-electron chi connectivity index (χ2n) is 4.61. The van der Waals surface area contributed by atoms with Crippen LogP contribution in [0.1, 0.15) is 24.8 Å². The lowest BCUT2D eigenvalue weighted by molar-refractivity contribution is 0.414. The zero-order valence-corrected chi connectivity index (χ0v) is 11.6. The predicted octanol–water partition coefficient (Wildman–Crippen LogP) is 3.45. The molecule has 0 spiro atoms. The van der Waals surface area contributed by atoms with Gasteiger partial charge in [-0.1, -0.05) is 6.42 Å². The van der Waals surface area contributed by atoms with Crippen molar-refractivity contribution < 1.29 is 4.39 Å². The first-order valence-corrected chi connectivity index (χ1v) is 6.89. The topological polar surface area (TPSA) is 24.1 Å². The number of nitrogens with one attached hydrogen (secondary N) is 2. The van der Waals surface area contributed by atoms with Gasteiger partial charge in [-0.05, 0) is 59.9 Å². The van der Waals surface area contributed by atoms with E-state index in [1.807, 2.05) is 13.0 Å². The summed E-state index contributed by atoms with van der Waals surface area (Å²) in [6.07, 6.45) is 3.79. The van der Waals surface area contributed by atoms with Crippen LogP contribution in [0.5, 0.6) is 0 Å². The molecule has 4 heteroatoms. The first-order valence-electron chi connectivity index (χ1n) is 6.09. The van der Waals surface area contributed by atoms with Crippen LogP contribution in [0.4, 0.5) is 10.1 Å². The average molecular weight is 301 g/mol. The lowest BCUT2D eigenvalue weighted by Gasteiger charge is -2.24. The molecule has 2 N–H and O–H groups in total. The van der Waals surface area contributed by atoms with E-state index in [4.69, 9.17) is 0 Å². The van der Waals surface area contributed by atoms with E-state index in [1.54, 1.807) is 6.07 Å². The molecule has 94 valence electrons. The van der Waals surface area contributed by atoms with Crippen LogP contribution >= 0.6 is 15.9 Å². The van der Waals surface area contributed by atoms with E-state index in [2.05, 4.69) is 26.6 Å². The summed E-state index contributed by atoms with van der Waals surface area (Å²) in [6, 6.07) is 3.90. The molecule has 0 aliphatic carbocycles. The maximum Gasteiger partial charge on any atom is 0.137 e. The van der Waals surface area contributed by atoms with Gasteiger partial charge in [0.2, 0.25) is 0 Å². The second-order valence-corrected chi connectivity index (χ2v) is 5.46. The Hall–Kier alpha value is -0.610.